The molecule has 0 radical (unpaired) electrons. The minimum atomic E-state index is -0.529. The molecule has 1 rings (SSSR count). The number of H-pyrrole nitrogens is 1. The summed E-state index contributed by atoms with van der Waals surface area (Å²) in [6, 6.07) is 0. The molecule has 0 aliphatic rings. The lowest BCUT2D eigenvalue weighted by molar-refractivity contribution is 0.655. The van der Waals surface area contributed by atoms with Gasteiger partial charge in [-0.15, -0.1) is 0 Å². The molecule has 5 heteroatoms. The molecule has 0 aliphatic carbocycles. The average molecular weight is 209 g/mol. The van der Waals surface area contributed by atoms with Crippen molar-refractivity contribution in [3.05, 3.63) is 38.7 Å². The zero-order valence-electron chi connectivity index (χ0n) is 8.91. The number of nitrogens with two attached hydrogens (primary N) is 1. The summed E-state index contributed by atoms with van der Waals surface area (Å²) in [6.45, 7) is 4.50. The van der Waals surface area contributed by atoms with E-state index in [1.807, 2.05) is 19.9 Å². The summed E-state index contributed by atoms with van der Waals surface area (Å²) in [4.78, 5) is 24.4. The maximum Gasteiger partial charge on any atom is 0.328 e. The number of allylic oxidation sites excluding steroid dienone is 2. The lowest BCUT2D eigenvalue weighted by Gasteiger charge is -2.03. The van der Waals surface area contributed by atoms with Gasteiger partial charge in [0.05, 0.1) is 0 Å². The van der Waals surface area contributed by atoms with E-state index in [0.717, 1.165) is 6.42 Å². The molecule has 0 bridgehead atoms. The third kappa shape index (κ3) is 3.12. The second kappa shape index (κ2) is 4.63. The smallest absolute Gasteiger partial charge is 0.328 e. The molecule has 0 fully saturated rings. The summed E-state index contributed by atoms with van der Waals surface area (Å²) in [5.41, 5.74) is 5.71. The Morgan fingerprint density at radius 3 is 2.80 bits per heavy atom. The first-order chi connectivity index (χ1) is 7.00. The first kappa shape index (κ1) is 11.3. The second-order valence-corrected chi connectivity index (χ2v) is 3.61. The summed E-state index contributed by atoms with van der Waals surface area (Å²) in [7, 11) is 0. The number of hydrogen-bond donors (Lipinski definition) is 2. The van der Waals surface area contributed by atoms with Crippen molar-refractivity contribution in [2.45, 2.75) is 26.8 Å². The summed E-state index contributed by atoms with van der Waals surface area (Å²) in [6.07, 6.45) is 4.14. The zero-order chi connectivity index (χ0) is 11.4. The van der Waals surface area contributed by atoms with Crippen LogP contribution in [0.5, 0.6) is 0 Å². The van der Waals surface area contributed by atoms with Crippen LogP contribution in [0.15, 0.2) is 27.4 Å². The number of hydrogen-bond acceptors (Lipinski definition) is 3. The highest BCUT2D eigenvalue weighted by Crippen LogP contribution is 1.95. The Hall–Kier alpha value is -1.78. The molecule has 5 nitrogen and oxygen atoms in total. The van der Waals surface area contributed by atoms with Crippen LogP contribution in [0.1, 0.15) is 20.3 Å². The predicted octanol–water partition coefficient (Wildman–Crippen LogP) is 0.475. The number of anilines is 1. The minimum Gasteiger partial charge on any atom is -0.393 e. The van der Waals surface area contributed by atoms with Crippen LogP contribution >= 0.6 is 0 Å². The van der Waals surface area contributed by atoms with Crippen LogP contribution in [0.25, 0.3) is 0 Å². The van der Waals surface area contributed by atoms with Crippen molar-refractivity contribution in [2.75, 3.05) is 5.73 Å². The molecule has 0 aromatic carbocycles. The van der Waals surface area contributed by atoms with Gasteiger partial charge >= 0.3 is 5.69 Å². The predicted molar refractivity (Wildman–Crippen MR) is 59.8 cm³/mol. The van der Waals surface area contributed by atoms with E-state index in [4.69, 9.17) is 5.73 Å². The highest BCUT2D eigenvalue weighted by atomic mass is 16.2. The van der Waals surface area contributed by atoms with E-state index in [-0.39, 0.29) is 5.69 Å². The fourth-order valence-corrected chi connectivity index (χ4v) is 1.18. The van der Waals surface area contributed by atoms with Gasteiger partial charge in [-0.3, -0.25) is 14.3 Å². The molecule has 0 saturated carbocycles. The van der Waals surface area contributed by atoms with Gasteiger partial charge in [0.2, 0.25) is 0 Å². The van der Waals surface area contributed by atoms with Gasteiger partial charge in [-0.1, -0.05) is 11.6 Å². The van der Waals surface area contributed by atoms with Crippen LogP contribution in [0.3, 0.4) is 0 Å². The molecule has 0 spiro atoms. The van der Waals surface area contributed by atoms with Crippen LogP contribution in [-0.4, -0.2) is 9.55 Å². The Morgan fingerprint density at radius 2 is 2.20 bits per heavy atom. The van der Waals surface area contributed by atoms with E-state index in [1.54, 1.807) is 0 Å². The molecule has 0 saturated heterocycles. The highest BCUT2D eigenvalue weighted by molar-refractivity contribution is 5.30. The Labute approximate surface area is 87.2 Å². The second-order valence-electron chi connectivity index (χ2n) is 3.61. The Morgan fingerprint density at radius 1 is 1.53 bits per heavy atom. The first-order valence-electron chi connectivity index (χ1n) is 4.73. The molecular formula is C10H15N3O2. The Balaban J connectivity index is 2.87. The lowest BCUT2D eigenvalue weighted by Crippen LogP contribution is -2.30. The first-order valence-corrected chi connectivity index (χ1v) is 4.73. The normalized spacial score (nSPS) is 10.0. The van der Waals surface area contributed by atoms with Gasteiger partial charge < -0.3 is 5.73 Å². The summed E-state index contributed by atoms with van der Waals surface area (Å²) in [5.74, 6) is 0. The summed E-state index contributed by atoms with van der Waals surface area (Å²) < 4.78 is 1.40. The van der Waals surface area contributed by atoms with E-state index < -0.39 is 11.2 Å². The van der Waals surface area contributed by atoms with Crippen molar-refractivity contribution in [3.8, 4) is 0 Å². The molecule has 0 unspecified atom stereocenters. The van der Waals surface area contributed by atoms with Crippen molar-refractivity contribution in [1.29, 1.82) is 0 Å². The quantitative estimate of drug-likeness (QED) is 0.710. The number of nitrogens with zero attached hydrogens (tertiary/aromatic N) is 1. The van der Waals surface area contributed by atoms with Gasteiger partial charge in [-0.2, -0.15) is 0 Å². The third-order valence-electron chi connectivity index (χ3n) is 1.96. The maximum atomic E-state index is 11.3. The largest absolute Gasteiger partial charge is 0.393 e. The van der Waals surface area contributed by atoms with Crippen molar-refractivity contribution >= 4 is 5.69 Å². The molecule has 0 atom stereocenters. The van der Waals surface area contributed by atoms with Crippen LogP contribution in [-0.2, 0) is 6.54 Å². The van der Waals surface area contributed by atoms with Gasteiger partial charge in [-0.05, 0) is 20.3 Å². The van der Waals surface area contributed by atoms with E-state index in [1.165, 1.54) is 16.3 Å². The van der Waals surface area contributed by atoms with Crippen molar-refractivity contribution in [1.82, 2.24) is 9.55 Å². The summed E-state index contributed by atoms with van der Waals surface area (Å²) in [5, 5.41) is 0. The van der Waals surface area contributed by atoms with E-state index in [2.05, 4.69) is 4.98 Å². The summed E-state index contributed by atoms with van der Waals surface area (Å²) >= 11 is 0. The molecule has 15 heavy (non-hydrogen) atoms. The zero-order valence-corrected chi connectivity index (χ0v) is 8.91. The van der Waals surface area contributed by atoms with Crippen LogP contribution in [0.2, 0.25) is 0 Å². The van der Waals surface area contributed by atoms with E-state index >= 15 is 0 Å². The van der Waals surface area contributed by atoms with Gasteiger partial charge in [0.15, 0.2) is 0 Å². The molecule has 1 aromatic heterocycles. The SMILES string of the molecule is CC(C)=CCCn1cc(N)c(=O)[nH]c1=O. The van der Waals surface area contributed by atoms with Crippen LogP contribution < -0.4 is 17.0 Å². The molecular weight excluding hydrogens is 194 g/mol. The molecule has 0 aliphatic heterocycles. The number of nitrogen functional groups attached to an aromatic ring is 1. The van der Waals surface area contributed by atoms with Crippen molar-refractivity contribution in [2.24, 2.45) is 0 Å². The molecule has 3 N–H and O–H groups in total. The third-order valence-corrected chi connectivity index (χ3v) is 1.96. The van der Waals surface area contributed by atoms with E-state index in [0.29, 0.717) is 6.54 Å². The number of aromatic nitrogens is 2. The van der Waals surface area contributed by atoms with Gasteiger partial charge in [0, 0.05) is 12.7 Å². The standard InChI is InChI=1S/C10H15N3O2/c1-7(2)4-3-5-13-6-8(11)9(14)12-10(13)15/h4,6H,3,5,11H2,1-2H3,(H,12,14,15). The molecule has 1 heterocycles. The highest BCUT2D eigenvalue weighted by Gasteiger charge is 1.99. The van der Waals surface area contributed by atoms with Crippen molar-refractivity contribution < 1.29 is 0 Å². The average Bonchev–Trinajstić information content (AvgIpc) is 2.13. The van der Waals surface area contributed by atoms with Gasteiger partial charge in [0.1, 0.15) is 5.69 Å². The monoisotopic (exact) mass is 209 g/mol. The van der Waals surface area contributed by atoms with Crippen molar-refractivity contribution in [3.63, 3.8) is 0 Å². The number of aromatic amines is 1. The lowest BCUT2D eigenvalue weighted by atomic mass is 10.3. The molecule has 82 valence electrons. The Bertz CT molecular complexity index is 478. The van der Waals surface area contributed by atoms with E-state index in [9.17, 15) is 9.59 Å². The number of rotatable bonds is 3. The topological polar surface area (TPSA) is 80.9 Å². The number of aryl methyl sites for hydroxylation is 1. The van der Waals surface area contributed by atoms with Crippen LogP contribution in [0.4, 0.5) is 5.69 Å². The molecule has 0 amide bonds. The minimum absolute atomic E-state index is 0.0619. The van der Waals surface area contributed by atoms with Gasteiger partial charge in [0.25, 0.3) is 5.56 Å². The molecule has 1 aromatic rings. The van der Waals surface area contributed by atoms with Crippen LogP contribution in [0, 0.1) is 0 Å². The van der Waals surface area contributed by atoms with Gasteiger partial charge in [-0.25, -0.2) is 4.79 Å². The fraction of sp³-hybridized carbons (Fsp3) is 0.400. The fourth-order valence-electron chi connectivity index (χ4n) is 1.18. The maximum absolute atomic E-state index is 11.3. The Kier molecular flexibility index (Phi) is 3.49. The number of nitrogens with one attached hydrogen (secondary N) is 1.